The zero-order chi connectivity index (χ0) is 12.5. The van der Waals surface area contributed by atoms with Crippen molar-refractivity contribution in [2.45, 2.75) is 24.8 Å². The lowest BCUT2D eigenvalue weighted by atomic mass is 10.4. The number of nitrogens with one attached hydrogen (secondary N) is 1. The molecular weight excluding hydrogens is 260 g/mol. The molecule has 0 amide bonds. The van der Waals surface area contributed by atoms with Crippen molar-refractivity contribution in [3.63, 3.8) is 0 Å². The van der Waals surface area contributed by atoms with Crippen molar-refractivity contribution in [3.05, 3.63) is 24.0 Å². The highest BCUT2D eigenvalue weighted by atomic mass is 32.2. The summed E-state index contributed by atoms with van der Waals surface area (Å²) in [6, 6.07) is 0.127. The number of anilines is 1. The van der Waals surface area contributed by atoms with E-state index in [1.807, 2.05) is 13.8 Å². The van der Waals surface area contributed by atoms with Crippen LogP contribution in [0, 0.1) is 0 Å². The van der Waals surface area contributed by atoms with Crippen LogP contribution in [0.4, 0.5) is 5.69 Å². The second-order valence-corrected chi connectivity index (χ2v) is 6.11. The molecule has 0 aliphatic carbocycles. The predicted octanol–water partition coefficient (Wildman–Crippen LogP) is 1.72. The molecule has 0 aliphatic rings. The van der Waals surface area contributed by atoms with Gasteiger partial charge in [0, 0.05) is 17.6 Å². The summed E-state index contributed by atoms with van der Waals surface area (Å²) in [5.41, 5.74) is 0.465. The molecule has 17 heavy (non-hydrogen) atoms. The molecule has 0 saturated carbocycles. The van der Waals surface area contributed by atoms with Gasteiger partial charge in [-0.1, -0.05) is 0 Å². The molecule has 1 N–H and O–H groups in total. The van der Waals surface area contributed by atoms with Crippen LogP contribution in [0.2, 0.25) is 0 Å². The fraction of sp³-hybridized carbons (Fsp3) is 0.333. The van der Waals surface area contributed by atoms with E-state index in [1.54, 1.807) is 10.1 Å². The largest absolute Gasteiger partial charge is 0.277 e. The van der Waals surface area contributed by atoms with Crippen molar-refractivity contribution in [2.24, 2.45) is 0 Å². The number of hydrogen-bond acceptors (Lipinski definition) is 5. The fourth-order valence-electron chi connectivity index (χ4n) is 1.21. The molecule has 2 aromatic heterocycles. The molecule has 0 spiro atoms. The van der Waals surface area contributed by atoms with Gasteiger partial charge in [0.2, 0.25) is 0 Å². The number of sulfonamides is 1. The van der Waals surface area contributed by atoms with E-state index in [1.165, 1.54) is 30.1 Å². The van der Waals surface area contributed by atoms with Crippen LogP contribution in [-0.2, 0) is 10.0 Å². The summed E-state index contributed by atoms with van der Waals surface area (Å²) in [7, 11) is -3.56. The molecule has 0 radical (unpaired) electrons. The lowest BCUT2D eigenvalue weighted by Gasteiger charge is -2.04. The van der Waals surface area contributed by atoms with E-state index < -0.39 is 10.0 Å². The first-order chi connectivity index (χ1) is 7.99. The van der Waals surface area contributed by atoms with Gasteiger partial charge < -0.3 is 0 Å². The number of hydrogen-bond donors (Lipinski definition) is 1. The van der Waals surface area contributed by atoms with Crippen LogP contribution < -0.4 is 4.72 Å². The third-order valence-corrected chi connectivity index (χ3v) is 4.02. The molecular formula is C9H12N4O2S2. The number of rotatable bonds is 4. The van der Waals surface area contributed by atoms with E-state index in [0.717, 1.165) is 0 Å². The third-order valence-electron chi connectivity index (χ3n) is 2.10. The average Bonchev–Trinajstić information content (AvgIpc) is 2.84. The van der Waals surface area contributed by atoms with Crippen molar-refractivity contribution < 1.29 is 8.42 Å². The van der Waals surface area contributed by atoms with E-state index in [4.69, 9.17) is 0 Å². The van der Waals surface area contributed by atoms with E-state index >= 15 is 0 Å². The minimum atomic E-state index is -3.56. The van der Waals surface area contributed by atoms with Crippen LogP contribution in [0.15, 0.2) is 28.9 Å². The van der Waals surface area contributed by atoms with Gasteiger partial charge in [0.1, 0.15) is 4.90 Å². The Bertz CT molecular complexity index is 586. The van der Waals surface area contributed by atoms with Crippen LogP contribution in [0.3, 0.4) is 0 Å². The van der Waals surface area contributed by atoms with Gasteiger partial charge in [-0.2, -0.15) is 9.47 Å². The predicted molar refractivity (Wildman–Crippen MR) is 65.5 cm³/mol. The molecule has 2 heterocycles. The average molecular weight is 272 g/mol. The van der Waals surface area contributed by atoms with Gasteiger partial charge in [-0.3, -0.25) is 9.40 Å². The number of aromatic nitrogens is 3. The minimum Gasteiger partial charge on any atom is -0.277 e. The lowest BCUT2D eigenvalue weighted by molar-refractivity contribution is 0.531. The van der Waals surface area contributed by atoms with Crippen molar-refractivity contribution in [3.8, 4) is 0 Å². The maximum atomic E-state index is 11.9. The minimum absolute atomic E-state index is 0.127. The Hall–Kier alpha value is -1.41. The Morgan fingerprint density at radius 3 is 2.71 bits per heavy atom. The lowest BCUT2D eigenvalue weighted by Crippen LogP contribution is -2.11. The van der Waals surface area contributed by atoms with Crippen molar-refractivity contribution in [2.75, 3.05) is 4.72 Å². The fourth-order valence-corrected chi connectivity index (χ4v) is 2.73. The van der Waals surface area contributed by atoms with Crippen molar-refractivity contribution in [1.29, 1.82) is 0 Å². The van der Waals surface area contributed by atoms with E-state index in [0.29, 0.717) is 5.69 Å². The summed E-state index contributed by atoms with van der Waals surface area (Å²) in [6.07, 6.45) is 4.31. The summed E-state index contributed by atoms with van der Waals surface area (Å²) in [5.74, 6) is 0. The molecule has 0 aromatic carbocycles. The molecule has 0 bridgehead atoms. The van der Waals surface area contributed by atoms with Gasteiger partial charge in [0.05, 0.1) is 18.1 Å². The summed E-state index contributed by atoms with van der Waals surface area (Å²) in [5, 5.41) is 5.63. The monoisotopic (exact) mass is 272 g/mol. The van der Waals surface area contributed by atoms with Gasteiger partial charge >= 0.3 is 0 Å². The zero-order valence-corrected chi connectivity index (χ0v) is 11.0. The van der Waals surface area contributed by atoms with Crippen LogP contribution in [0.5, 0.6) is 0 Å². The first-order valence-corrected chi connectivity index (χ1v) is 7.27. The second kappa shape index (κ2) is 4.46. The molecule has 8 heteroatoms. The SMILES string of the molecule is CC(C)n1cc(S(=O)(=O)Nc2cnsc2)cn1. The van der Waals surface area contributed by atoms with E-state index in [9.17, 15) is 8.42 Å². The van der Waals surface area contributed by atoms with Gasteiger partial charge in [-0.25, -0.2) is 8.42 Å². The Balaban J connectivity index is 2.25. The highest BCUT2D eigenvalue weighted by Gasteiger charge is 2.17. The second-order valence-electron chi connectivity index (χ2n) is 3.77. The summed E-state index contributed by atoms with van der Waals surface area (Å²) < 4.78 is 31.8. The zero-order valence-electron chi connectivity index (χ0n) is 9.36. The molecule has 92 valence electrons. The summed E-state index contributed by atoms with van der Waals surface area (Å²) in [6.45, 7) is 3.86. The van der Waals surface area contributed by atoms with E-state index in [-0.39, 0.29) is 10.9 Å². The molecule has 0 atom stereocenters. The number of nitrogens with zero attached hydrogens (tertiary/aromatic N) is 3. The normalized spacial score (nSPS) is 11.9. The smallest absolute Gasteiger partial charge is 0.265 e. The highest BCUT2D eigenvalue weighted by molar-refractivity contribution is 7.92. The molecule has 2 aromatic rings. The van der Waals surface area contributed by atoms with Gasteiger partial charge in [0.25, 0.3) is 10.0 Å². The molecule has 0 fully saturated rings. The molecule has 2 rings (SSSR count). The molecule has 6 nitrogen and oxygen atoms in total. The molecule has 0 aliphatic heterocycles. The van der Waals surface area contributed by atoms with Crippen molar-refractivity contribution >= 4 is 27.2 Å². The Morgan fingerprint density at radius 1 is 1.41 bits per heavy atom. The maximum absolute atomic E-state index is 11.9. The Labute approximate surface area is 104 Å². The highest BCUT2D eigenvalue weighted by Crippen LogP contribution is 2.17. The summed E-state index contributed by atoms with van der Waals surface area (Å²) >= 11 is 1.19. The Morgan fingerprint density at radius 2 is 2.18 bits per heavy atom. The Kier molecular flexibility index (Phi) is 3.16. The van der Waals surface area contributed by atoms with E-state index in [2.05, 4.69) is 14.2 Å². The standard InChI is InChI=1S/C9H12N4O2S2/c1-7(2)13-5-9(4-10-13)17(14,15)12-8-3-11-16-6-8/h3-7,12H,1-2H3. The van der Waals surface area contributed by atoms with Crippen molar-refractivity contribution in [1.82, 2.24) is 14.2 Å². The first kappa shape index (κ1) is 12.1. The topological polar surface area (TPSA) is 76.9 Å². The molecule has 0 unspecified atom stereocenters. The van der Waals surface area contributed by atoms with Crippen LogP contribution in [-0.4, -0.2) is 22.6 Å². The van der Waals surface area contributed by atoms with Crippen LogP contribution in [0.1, 0.15) is 19.9 Å². The summed E-state index contributed by atoms with van der Waals surface area (Å²) in [4.78, 5) is 0.150. The van der Waals surface area contributed by atoms with Gasteiger partial charge in [-0.05, 0) is 25.4 Å². The van der Waals surface area contributed by atoms with Gasteiger partial charge in [-0.15, -0.1) is 0 Å². The third kappa shape index (κ3) is 2.64. The molecule has 0 saturated heterocycles. The van der Waals surface area contributed by atoms with Crippen LogP contribution >= 0.6 is 11.5 Å². The quantitative estimate of drug-likeness (QED) is 0.919. The maximum Gasteiger partial charge on any atom is 0.265 e. The first-order valence-electron chi connectivity index (χ1n) is 4.95. The van der Waals surface area contributed by atoms with Gasteiger partial charge in [0.15, 0.2) is 0 Å². The van der Waals surface area contributed by atoms with Crippen LogP contribution in [0.25, 0.3) is 0 Å².